The number of hydrogen-bond donors (Lipinski definition) is 1. The molecule has 0 bridgehead atoms. The number of rotatable bonds is 5. The summed E-state index contributed by atoms with van der Waals surface area (Å²) in [6, 6.07) is 4.03. The number of ether oxygens (including phenoxy) is 1. The van der Waals surface area contributed by atoms with Crippen LogP contribution in [0.3, 0.4) is 0 Å². The third-order valence-electron chi connectivity index (χ3n) is 3.06. The Balaban J connectivity index is 2.19. The molecule has 1 aromatic carbocycles. The van der Waals surface area contributed by atoms with E-state index < -0.39 is 5.82 Å². The molecule has 108 valence electrons. The average molecular weight is 299 g/mol. The van der Waals surface area contributed by atoms with Crippen LogP contribution in [-0.4, -0.2) is 14.9 Å². The first kappa shape index (κ1) is 14.8. The van der Waals surface area contributed by atoms with Crippen molar-refractivity contribution < 1.29 is 14.2 Å². The molecule has 0 amide bonds. The molecule has 20 heavy (non-hydrogen) atoms. The van der Waals surface area contributed by atoms with Crippen molar-refractivity contribution in [1.29, 1.82) is 0 Å². The maximum absolute atomic E-state index is 13.1. The SMILES string of the molecule is CCc1nn(C)c(COc2ccc(F)cc2CO)c1Cl. The van der Waals surface area contributed by atoms with Crippen LogP contribution in [0.15, 0.2) is 18.2 Å². The van der Waals surface area contributed by atoms with E-state index in [4.69, 9.17) is 16.3 Å². The third-order valence-corrected chi connectivity index (χ3v) is 3.50. The molecule has 0 radical (unpaired) electrons. The van der Waals surface area contributed by atoms with Gasteiger partial charge < -0.3 is 9.84 Å². The molecule has 4 nitrogen and oxygen atoms in total. The molecule has 1 N–H and O–H groups in total. The summed E-state index contributed by atoms with van der Waals surface area (Å²) in [7, 11) is 1.79. The summed E-state index contributed by atoms with van der Waals surface area (Å²) in [6.07, 6.45) is 0.741. The predicted octanol–water partition coefficient (Wildman–Crippen LogP) is 2.85. The van der Waals surface area contributed by atoms with Gasteiger partial charge in [0.1, 0.15) is 18.2 Å². The Morgan fingerprint density at radius 3 is 2.80 bits per heavy atom. The van der Waals surface area contributed by atoms with E-state index in [2.05, 4.69) is 5.10 Å². The highest BCUT2D eigenvalue weighted by Crippen LogP contribution is 2.25. The Morgan fingerprint density at radius 1 is 1.45 bits per heavy atom. The standard InChI is InChI=1S/C14H16ClFN2O2/c1-3-11-14(15)12(18(2)17-11)8-20-13-5-4-10(16)6-9(13)7-19/h4-6,19H,3,7-8H2,1-2H3. The van der Waals surface area contributed by atoms with Gasteiger partial charge >= 0.3 is 0 Å². The predicted molar refractivity (Wildman–Crippen MR) is 74.3 cm³/mol. The van der Waals surface area contributed by atoms with Crippen LogP contribution in [0, 0.1) is 5.82 Å². The number of benzene rings is 1. The number of hydrogen-bond acceptors (Lipinski definition) is 3. The van der Waals surface area contributed by atoms with Crippen molar-refractivity contribution in [3.8, 4) is 5.75 Å². The lowest BCUT2D eigenvalue weighted by atomic mass is 10.2. The summed E-state index contributed by atoms with van der Waals surface area (Å²) >= 11 is 6.22. The van der Waals surface area contributed by atoms with Crippen molar-refractivity contribution in [2.75, 3.05) is 0 Å². The molecular formula is C14H16ClFN2O2. The Morgan fingerprint density at radius 2 is 2.20 bits per heavy atom. The van der Waals surface area contributed by atoms with Gasteiger partial charge in [-0.15, -0.1) is 0 Å². The van der Waals surface area contributed by atoms with Crippen LogP contribution in [0.2, 0.25) is 5.02 Å². The molecule has 2 rings (SSSR count). The van der Waals surface area contributed by atoms with Gasteiger partial charge in [-0.05, 0) is 24.6 Å². The van der Waals surface area contributed by atoms with Crippen molar-refractivity contribution in [1.82, 2.24) is 9.78 Å². The van der Waals surface area contributed by atoms with Crippen LogP contribution >= 0.6 is 11.6 Å². The van der Waals surface area contributed by atoms with Crippen LogP contribution in [0.4, 0.5) is 4.39 Å². The molecule has 0 spiro atoms. The molecule has 0 unspecified atom stereocenters. The third kappa shape index (κ3) is 2.94. The van der Waals surface area contributed by atoms with E-state index in [-0.39, 0.29) is 13.2 Å². The molecule has 0 fully saturated rings. The largest absolute Gasteiger partial charge is 0.487 e. The summed E-state index contributed by atoms with van der Waals surface area (Å²) in [5.74, 6) is 0.0254. The second kappa shape index (κ2) is 6.24. The van der Waals surface area contributed by atoms with Gasteiger partial charge in [0.15, 0.2) is 0 Å². The minimum Gasteiger partial charge on any atom is -0.487 e. The number of halogens is 2. The minimum atomic E-state index is -0.409. The fraction of sp³-hybridized carbons (Fsp3) is 0.357. The lowest BCUT2D eigenvalue weighted by molar-refractivity contribution is 0.254. The first-order chi connectivity index (χ1) is 9.56. The monoisotopic (exact) mass is 298 g/mol. The fourth-order valence-electron chi connectivity index (χ4n) is 1.94. The van der Waals surface area contributed by atoms with Gasteiger partial charge in [-0.1, -0.05) is 18.5 Å². The van der Waals surface area contributed by atoms with Gasteiger partial charge in [0.2, 0.25) is 0 Å². The average Bonchev–Trinajstić information content (AvgIpc) is 2.72. The molecule has 0 aliphatic rings. The second-order valence-electron chi connectivity index (χ2n) is 4.38. The minimum absolute atomic E-state index is 0.209. The second-order valence-corrected chi connectivity index (χ2v) is 4.76. The first-order valence-electron chi connectivity index (χ1n) is 6.29. The van der Waals surface area contributed by atoms with Crippen molar-refractivity contribution in [3.05, 3.63) is 46.0 Å². The summed E-state index contributed by atoms with van der Waals surface area (Å²) in [4.78, 5) is 0. The van der Waals surface area contributed by atoms with Gasteiger partial charge in [-0.3, -0.25) is 4.68 Å². The van der Waals surface area contributed by atoms with E-state index in [9.17, 15) is 9.50 Å². The highest BCUT2D eigenvalue weighted by molar-refractivity contribution is 6.31. The zero-order chi connectivity index (χ0) is 14.7. The maximum Gasteiger partial charge on any atom is 0.131 e. The Hall–Kier alpha value is -1.59. The van der Waals surface area contributed by atoms with Gasteiger partial charge in [0, 0.05) is 12.6 Å². The number of nitrogens with zero attached hydrogens (tertiary/aromatic N) is 2. The molecular weight excluding hydrogens is 283 g/mol. The van der Waals surface area contributed by atoms with Crippen molar-refractivity contribution in [3.63, 3.8) is 0 Å². The Labute approximate surface area is 121 Å². The van der Waals surface area contributed by atoms with E-state index >= 15 is 0 Å². The highest BCUT2D eigenvalue weighted by atomic mass is 35.5. The first-order valence-corrected chi connectivity index (χ1v) is 6.67. The van der Waals surface area contributed by atoms with Gasteiger partial charge in [-0.2, -0.15) is 5.10 Å². The van der Waals surface area contributed by atoms with Crippen LogP contribution < -0.4 is 4.74 Å². The van der Waals surface area contributed by atoms with Crippen molar-refractivity contribution in [2.45, 2.75) is 26.6 Å². The molecule has 0 saturated carbocycles. The quantitative estimate of drug-likeness (QED) is 0.923. The normalized spacial score (nSPS) is 10.8. The zero-order valence-corrected chi connectivity index (χ0v) is 12.1. The van der Waals surface area contributed by atoms with E-state index in [0.717, 1.165) is 17.8 Å². The molecule has 0 atom stereocenters. The number of aliphatic hydroxyl groups is 1. The summed E-state index contributed by atoms with van der Waals surface area (Å²) in [5, 5.41) is 14.1. The van der Waals surface area contributed by atoms with Crippen molar-refractivity contribution in [2.24, 2.45) is 7.05 Å². The van der Waals surface area contributed by atoms with Crippen LogP contribution in [0.25, 0.3) is 0 Å². The molecule has 6 heteroatoms. The van der Waals surface area contributed by atoms with Gasteiger partial charge in [-0.25, -0.2) is 4.39 Å². The smallest absolute Gasteiger partial charge is 0.131 e. The van der Waals surface area contributed by atoms with E-state index in [0.29, 0.717) is 16.3 Å². The van der Waals surface area contributed by atoms with Gasteiger partial charge in [0.05, 0.1) is 23.0 Å². The van der Waals surface area contributed by atoms with E-state index in [1.807, 2.05) is 6.92 Å². The lowest BCUT2D eigenvalue weighted by Gasteiger charge is -2.10. The van der Waals surface area contributed by atoms with Crippen LogP contribution in [0.5, 0.6) is 5.75 Å². The Kier molecular flexibility index (Phi) is 4.62. The van der Waals surface area contributed by atoms with Crippen LogP contribution in [0.1, 0.15) is 23.9 Å². The van der Waals surface area contributed by atoms with E-state index in [1.165, 1.54) is 18.2 Å². The summed E-state index contributed by atoms with van der Waals surface area (Å²) < 4.78 is 20.4. The summed E-state index contributed by atoms with van der Waals surface area (Å²) in [6.45, 7) is 1.90. The zero-order valence-electron chi connectivity index (χ0n) is 11.4. The van der Waals surface area contributed by atoms with Gasteiger partial charge in [0.25, 0.3) is 0 Å². The van der Waals surface area contributed by atoms with Crippen molar-refractivity contribution >= 4 is 11.6 Å². The molecule has 0 aliphatic heterocycles. The number of aromatic nitrogens is 2. The Bertz CT molecular complexity index is 613. The van der Waals surface area contributed by atoms with Crippen LogP contribution in [-0.2, 0) is 26.7 Å². The molecule has 2 aromatic rings. The fourth-order valence-corrected chi connectivity index (χ4v) is 2.28. The number of aryl methyl sites for hydroxylation is 2. The molecule has 0 saturated heterocycles. The topological polar surface area (TPSA) is 47.3 Å². The molecule has 0 aliphatic carbocycles. The molecule has 1 heterocycles. The summed E-state index contributed by atoms with van der Waals surface area (Å²) in [5.41, 5.74) is 1.96. The molecule has 1 aromatic heterocycles. The number of aliphatic hydroxyl groups excluding tert-OH is 1. The highest BCUT2D eigenvalue weighted by Gasteiger charge is 2.14. The maximum atomic E-state index is 13.1. The lowest BCUT2D eigenvalue weighted by Crippen LogP contribution is -2.05. The van der Waals surface area contributed by atoms with E-state index in [1.54, 1.807) is 11.7 Å².